The molecular weight excluding hydrogens is 306 g/mol. The lowest BCUT2D eigenvalue weighted by Gasteiger charge is -2.22. The second-order valence-electron chi connectivity index (χ2n) is 5.56. The van der Waals surface area contributed by atoms with E-state index >= 15 is 0 Å². The lowest BCUT2D eigenvalue weighted by molar-refractivity contribution is -0.120. The summed E-state index contributed by atoms with van der Waals surface area (Å²) in [6.45, 7) is 0.894. The minimum Gasteiger partial charge on any atom is -0.486 e. The van der Waals surface area contributed by atoms with Crippen LogP contribution in [0, 0.1) is 0 Å². The maximum Gasteiger partial charge on any atom is 0.261 e. The molecule has 22 heavy (non-hydrogen) atoms. The molecule has 1 aliphatic carbocycles. The molecule has 5 nitrogen and oxygen atoms in total. The van der Waals surface area contributed by atoms with Crippen molar-refractivity contribution in [1.82, 2.24) is 0 Å². The zero-order valence-electron chi connectivity index (χ0n) is 11.9. The van der Waals surface area contributed by atoms with Crippen LogP contribution in [0.1, 0.15) is 25.7 Å². The fourth-order valence-corrected chi connectivity index (χ4v) is 3.42. The highest BCUT2D eigenvalue weighted by Crippen LogP contribution is 2.43. The van der Waals surface area contributed by atoms with Crippen molar-refractivity contribution in [2.45, 2.75) is 25.7 Å². The SMILES string of the molecule is O=C1C2=C(CCCC2)C(=O)N1c1cc2c(cc1Cl)OCCO2. The molecule has 114 valence electrons. The Kier molecular flexibility index (Phi) is 3.11. The number of carbonyl (C=O) groups is 2. The van der Waals surface area contributed by atoms with Crippen LogP contribution in [0.4, 0.5) is 5.69 Å². The molecule has 1 aromatic rings. The van der Waals surface area contributed by atoms with Gasteiger partial charge in [-0.25, -0.2) is 4.90 Å². The zero-order valence-corrected chi connectivity index (χ0v) is 12.6. The number of anilines is 1. The third kappa shape index (κ3) is 1.92. The van der Waals surface area contributed by atoms with E-state index in [1.54, 1.807) is 12.1 Å². The van der Waals surface area contributed by atoms with Crippen LogP contribution in [0.15, 0.2) is 23.3 Å². The van der Waals surface area contributed by atoms with Gasteiger partial charge in [-0.1, -0.05) is 11.6 Å². The standard InChI is InChI=1S/C16H14ClNO4/c17-11-7-13-14(22-6-5-21-13)8-12(11)18-15(19)9-3-1-2-4-10(9)16(18)20/h7-8H,1-6H2. The second kappa shape index (κ2) is 5.02. The smallest absolute Gasteiger partial charge is 0.261 e. The molecule has 3 aliphatic rings. The number of halogens is 1. The van der Waals surface area contributed by atoms with Gasteiger partial charge in [0.05, 0.1) is 10.7 Å². The summed E-state index contributed by atoms with van der Waals surface area (Å²) >= 11 is 6.27. The highest BCUT2D eigenvalue weighted by molar-refractivity contribution is 6.39. The highest BCUT2D eigenvalue weighted by atomic mass is 35.5. The van der Waals surface area contributed by atoms with Crippen LogP contribution in [0.25, 0.3) is 0 Å². The topological polar surface area (TPSA) is 55.8 Å². The fourth-order valence-electron chi connectivity index (χ4n) is 3.18. The summed E-state index contributed by atoms with van der Waals surface area (Å²) < 4.78 is 11.0. The van der Waals surface area contributed by atoms with Crippen LogP contribution >= 0.6 is 11.6 Å². The van der Waals surface area contributed by atoms with Gasteiger partial charge >= 0.3 is 0 Å². The van der Waals surface area contributed by atoms with Gasteiger partial charge < -0.3 is 9.47 Å². The monoisotopic (exact) mass is 319 g/mol. The summed E-state index contributed by atoms with van der Waals surface area (Å²) in [5.41, 5.74) is 1.65. The zero-order chi connectivity index (χ0) is 15.3. The number of fused-ring (bicyclic) bond motifs is 1. The maximum atomic E-state index is 12.6. The number of rotatable bonds is 1. The van der Waals surface area contributed by atoms with E-state index in [0.29, 0.717) is 59.4 Å². The van der Waals surface area contributed by atoms with Gasteiger partial charge in [-0.3, -0.25) is 9.59 Å². The Morgan fingerprint density at radius 1 is 0.909 bits per heavy atom. The van der Waals surface area contributed by atoms with Crippen LogP contribution in [0.3, 0.4) is 0 Å². The Hall–Kier alpha value is -2.01. The van der Waals surface area contributed by atoms with Gasteiger partial charge in [-0.15, -0.1) is 0 Å². The van der Waals surface area contributed by atoms with Crippen LogP contribution in [0.2, 0.25) is 5.02 Å². The van der Waals surface area contributed by atoms with Gasteiger partial charge in [0, 0.05) is 23.3 Å². The summed E-state index contributed by atoms with van der Waals surface area (Å²) in [4.78, 5) is 26.4. The quantitative estimate of drug-likeness (QED) is 0.747. The number of imide groups is 1. The van der Waals surface area contributed by atoms with Crippen molar-refractivity contribution in [3.05, 3.63) is 28.3 Å². The first-order valence-corrected chi connectivity index (χ1v) is 7.74. The minimum atomic E-state index is -0.252. The molecule has 4 rings (SSSR count). The third-order valence-corrected chi connectivity index (χ3v) is 4.55. The van der Waals surface area contributed by atoms with Crippen LogP contribution in [-0.2, 0) is 9.59 Å². The molecule has 0 spiro atoms. The van der Waals surface area contributed by atoms with E-state index < -0.39 is 0 Å². The van der Waals surface area contributed by atoms with Crippen molar-refractivity contribution in [2.24, 2.45) is 0 Å². The maximum absolute atomic E-state index is 12.6. The molecule has 0 atom stereocenters. The Bertz CT molecular complexity index is 697. The van der Waals surface area contributed by atoms with Crippen molar-refractivity contribution in [3.63, 3.8) is 0 Å². The second-order valence-corrected chi connectivity index (χ2v) is 5.96. The molecule has 0 saturated heterocycles. The predicted octanol–water partition coefficient (Wildman–Crippen LogP) is 2.86. The third-order valence-electron chi connectivity index (χ3n) is 4.24. The van der Waals surface area contributed by atoms with E-state index in [9.17, 15) is 9.59 Å². The molecule has 2 heterocycles. The molecule has 0 fully saturated rings. The molecule has 6 heteroatoms. The molecule has 0 bridgehead atoms. The van der Waals surface area contributed by atoms with Gasteiger partial charge in [0.2, 0.25) is 0 Å². The van der Waals surface area contributed by atoms with Gasteiger partial charge in [0.25, 0.3) is 11.8 Å². The number of carbonyl (C=O) groups excluding carboxylic acids is 2. The van der Waals surface area contributed by atoms with Crippen molar-refractivity contribution in [1.29, 1.82) is 0 Å². The first-order valence-electron chi connectivity index (χ1n) is 7.37. The Balaban J connectivity index is 1.77. The average molecular weight is 320 g/mol. The van der Waals surface area contributed by atoms with E-state index in [-0.39, 0.29) is 11.8 Å². The van der Waals surface area contributed by atoms with Gasteiger partial charge in [0.1, 0.15) is 13.2 Å². The highest BCUT2D eigenvalue weighted by Gasteiger charge is 2.40. The molecule has 2 amide bonds. The summed E-state index contributed by atoms with van der Waals surface area (Å²) in [7, 11) is 0. The van der Waals surface area contributed by atoms with Crippen LogP contribution in [0.5, 0.6) is 11.5 Å². The Morgan fingerprint density at radius 2 is 1.45 bits per heavy atom. The first-order chi connectivity index (χ1) is 10.7. The van der Waals surface area contributed by atoms with E-state index in [1.165, 1.54) is 4.90 Å². The van der Waals surface area contributed by atoms with Gasteiger partial charge in [0.15, 0.2) is 11.5 Å². The van der Waals surface area contributed by atoms with Gasteiger partial charge in [-0.2, -0.15) is 0 Å². The molecule has 0 radical (unpaired) electrons. The van der Waals surface area contributed by atoms with Crippen molar-refractivity contribution in [3.8, 4) is 11.5 Å². The molecule has 1 aromatic carbocycles. The Labute approximate surface area is 132 Å². The molecular formula is C16H14ClNO4. The van der Waals surface area contributed by atoms with Crippen LogP contribution in [-0.4, -0.2) is 25.0 Å². The predicted molar refractivity (Wildman–Crippen MR) is 80.4 cm³/mol. The molecule has 0 unspecified atom stereocenters. The van der Waals surface area contributed by atoms with E-state index in [0.717, 1.165) is 12.8 Å². The summed E-state index contributed by atoms with van der Waals surface area (Å²) in [6, 6.07) is 3.22. The number of amides is 2. The molecule has 0 aromatic heterocycles. The minimum absolute atomic E-state index is 0.252. The summed E-state index contributed by atoms with van der Waals surface area (Å²) in [5, 5.41) is 0.311. The number of nitrogens with zero attached hydrogens (tertiary/aromatic N) is 1. The summed E-state index contributed by atoms with van der Waals surface area (Å²) in [5.74, 6) is 0.546. The van der Waals surface area contributed by atoms with Crippen molar-refractivity contribution >= 4 is 29.1 Å². The van der Waals surface area contributed by atoms with E-state index in [2.05, 4.69) is 0 Å². The van der Waals surface area contributed by atoms with Crippen molar-refractivity contribution < 1.29 is 19.1 Å². The van der Waals surface area contributed by atoms with E-state index in [1.807, 2.05) is 0 Å². The molecule has 2 aliphatic heterocycles. The van der Waals surface area contributed by atoms with E-state index in [4.69, 9.17) is 21.1 Å². The first kappa shape index (κ1) is 13.6. The fraction of sp³-hybridized carbons (Fsp3) is 0.375. The number of ether oxygens (including phenoxy) is 2. The number of hydrogen-bond donors (Lipinski definition) is 0. The number of hydrogen-bond acceptors (Lipinski definition) is 4. The largest absolute Gasteiger partial charge is 0.486 e. The lowest BCUT2D eigenvalue weighted by atomic mass is 9.93. The van der Waals surface area contributed by atoms with Crippen molar-refractivity contribution in [2.75, 3.05) is 18.1 Å². The van der Waals surface area contributed by atoms with Crippen LogP contribution < -0.4 is 14.4 Å². The molecule has 0 saturated carbocycles. The lowest BCUT2D eigenvalue weighted by Crippen LogP contribution is -2.32. The summed E-state index contributed by atoms with van der Waals surface area (Å²) in [6.07, 6.45) is 3.22. The van der Waals surface area contributed by atoms with Gasteiger partial charge in [-0.05, 0) is 25.7 Å². The normalized spacial score (nSPS) is 20.5. The average Bonchev–Trinajstić information content (AvgIpc) is 2.79. The number of benzene rings is 1. The Morgan fingerprint density at radius 3 is 2.05 bits per heavy atom. The molecule has 0 N–H and O–H groups in total.